The summed E-state index contributed by atoms with van der Waals surface area (Å²) in [6.45, 7) is 2.12. The molecule has 0 atom stereocenters. The molecule has 0 spiro atoms. The maximum absolute atomic E-state index is 14.8. The van der Waals surface area contributed by atoms with Gasteiger partial charge in [-0.15, -0.1) is 0 Å². The second-order valence-corrected chi connectivity index (χ2v) is 7.00. The molecule has 0 bridgehead atoms. The maximum atomic E-state index is 14.8. The molecule has 156 valence electrons. The summed E-state index contributed by atoms with van der Waals surface area (Å²) in [5.74, 6) is 0.671. The van der Waals surface area contributed by atoms with Crippen LogP contribution in [0.1, 0.15) is 48.4 Å². The van der Waals surface area contributed by atoms with Crippen LogP contribution in [0, 0.1) is 29.3 Å². The molecule has 3 aromatic rings. The zero-order valence-electron chi connectivity index (χ0n) is 16.1. The lowest BCUT2D eigenvalue weighted by atomic mass is 10.0. The second kappa shape index (κ2) is 8.83. The molecule has 0 saturated carbocycles. The molecule has 3 aromatic carbocycles. The van der Waals surface area contributed by atoms with E-state index in [1.165, 1.54) is 6.07 Å². The molecular formula is C24H18F6. The van der Waals surface area contributed by atoms with Gasteiger partial charge in [0.2, 0.25) is 0 Å². The molecule has 0 aliphatic rings. The van der Waals surface area contributed by atoms with Crippen LogP contribution in [-0.2, 0) is 12.6 Å². The molecule has 0 radical (unpaired) electrons. The van der Waals surface area contributed by atoms with Crippen molar-refractivity contribution in [2.45, 2.75) is 38.8 Å². The summed E-state index contributed by atoms with van der Waals surface area (Å²) in [7, 11) is 0. The SMILES string of the molecule is CCCCCc1ccc2c(F)c(C#Cc3cc(F)c(C(F)(F)F)c(F)c3)ccc2c1. The fourth-order valence-corrected chi connectivity index (χ4v) is 3.23. The number of aryl methyl sites for hydroxylation is 1. The standard InChI is InChI=1S/C24H18F6/c1-2-3-4-5-15-7-11-19-18(12-15)10-9-17(23(19)27)8-6-16-13-20(25)22(21(26)14-16)24(28,29)30/h7,9-14H,2-5H2,1H3. The average molecular weight is 420 g/mol. The Morgan fingerprint density at radius 1 is 0.833 bits per heavy atom. The van der Waals surface area contributed by atoms with Gasteiger partial charge >= 0.3 is 6.18 Å². The van der Waals surface area contributed by atoms with Gasteiger partial charge in [-0.3, -0.25) is 0 Å². The van der Waals surface area contributed by atoms with Crippen LogP contribution < -0.4 is 0 Å². The van der Waals surface area contributed by atoms with Gasteiger partial charge in [-0.2, -0.15) is 13.2 Å². The van der Waals surface area contributed by atoms with Gasteiger partial charge in [0.25, 0.3) is 0 Å². The third-order valence-corrected chi connectivity index (χ3v) is 4.75. The van der Waals surface area contributed by atoms with E-state index >= 15 is 0 Å². The van der Waals surface area contributed by atoms with Crippen LogP contribution in [-0.4, -0.2) is 0 Å². The normalized spacial score (nSPS) is 11.4. The number of hydrogen-bond donors (Lipinski definition) is 0. The van der Waals surface area contributed by atoms with Gasteiger partial charge in [0.1, 0.15) is 23.0 Å². The summed E-state index contributed by atoms with van der Waals surface area (Å²) < 4.78 is 80.1. The molecule has 0 fully saturated rings. The third-order valence-electron chi connectivity index (χ3n) is 4.75. The predicted octanol–water partition coefficient (Wildman–Crippen LogP) is 7.41. The number of hydrogen-bond acceptors (Lipinski definition) is 0. The molecular weight excluding hydrogens is 402 g/mol. The number of unbranched alkanes of at least 4 members (excludes halogenated alkanes) is 2. The topological polar surface area (TPSA) is 0 Å². The molecule has 0 amide bonds. The first-order valence-electron chi connectivity index (χ1n) is 9.50. The first kappa shape index (κ1) is 21.8. The summed E-state index contributed by atoms with van der Waals surface area (Å²) in [6.07, 6.45) is -0.977. The maximum Gasteiger partial charge on any atom is 0.422 e. The average Bonchev–Trinajstić information content (AvgIpc) is 2.66. The van der Waals surface area contributed by atoms with Crippen LogP contribution >= 0.6 is 0 Å². The molecule has 0 nitrogen and oxygen atoms in total. The Labute approximate surface area is 170 Å². The fraction of sp³-hybridized carbons (Fsp3) is 0.250. The van der Waals surface area contributed by atoms with E-state index in [-0.39, 0.29) is 11.1 Å². The third kappa shape index (κ3) is 4.79. The fourth-order valence-electron chi connectivity index (χ4n) is 3.23. The minimum absolute atomic E-state index is 0.0121. The van der Waals surface area contributed by atoms with Crippen molar-refractivity contribution in [1.82, 2.24) is 0 Å². The van der Waals surface area contributed by atoms with Crippen molar-refractivity contribution >= 4 is 10.8 Å². The van der Waals surface area contributed by atoms with Crippen molar-refractivity contribution in [3.63, 3.8) is 0 Å². The van der Waals surface area contributed by atoms with E-state index < -0.39 is 29.2 Å². The molecule has 0 saturated heterocycles. The van der Waals surface area contributed by atoms with Gasteiger partial charge in [-0.25, -0.2) is 13.2 Å². The van der Waals surface area contributed by atoms with Crippen molar-refractivity contribution in [1.29, 1.82) is 0 Å². The lowest BCUT2D eigenvalue weighted by Crippen LogP contribution is -2.11. The minimum Gasteiger partial charge on any atom is -0.206 e. The van der Waals surface area contributed by atoms with Crippen LogP contribution in [0.5, 0.6) is 0 Å². The van der Waals surface area contributed by atoms with Crippen LogP contribution in [0.3, 0.4) is 0 Å². The smallest absolute Gasteiger partial charge is 0.206 e. The van der Waals surface area contributed by atoms with Crippen LogP contribution in [0.25, 0.3) is 10.8 Å². The van der Waals surface area contributed by atoms with Crippen molar-refractivity contribution in [2.24, 2.45) is 0 Å². The Kier molecular flexibility index (Phi) is 6.40. The van der Waals surface area contributed by atoms with Crippen LogP contribution in [0.4, 0.5) is 26.3 Å². The first-order chi connectivity index (χ1) is 14.2. The highest BCUT2D eigenvalue weighted by atomic mass is 19.4. The van der Waals surface area contributed by atoms with Crippen molar-refractivity contribution in [3.05, 3.63) is 82.2 Å². The Bertz CT molecular complexity index is 1110. The molecule has 0 aliphatic heterocycles. The Balaban J connectivity index is 1.91. The summed E-state index contributed by atoms with van der Waals surface area (Å²) in [6, 6.07) is 9.53. The van der Waals surface area contributed by atoms with E-state index in [4.69, 9.17) is 0 Å². The number of alkyl halides is 3. The van der Waals surface area contributed by atoms with Crippen LogP contribution in [0.2, 0.25) is 0 Å². The van der Waals surface area contributed by atoms with Gasteiger partial charge in [-0.1, -0.05) is 55.9 Å². The highest BCUT2D eigenvalue weighted by Crippen LogP contribution is 2.34. The van der Waals surface area contributed by atoms with Crippen molar-refractivity contribution in [3.8, 4) is 11.8 Å². The Morgan fingerprint density at radius 2 is 1.53 bits per heavy atom. The van der Waals surface area contributed by atoms with Crippen LogP contribution in [0.15, 0.2) is 42.5 Å². The van der Waals surface area contributed by atoms with Gasteiger partial charge in [0.05, 0.1) is 5.56 Å². The lowest BCUT2D eigenvalue weighted by Gasteiger charge is -2.09. The molecule has 0 heterocycles. The molecule has 0 unspecified atom stereocenters. The zero-order valence-corrected chi connectivity index (χ0v) is 16.1. The summed E-state index contributed by atoms with van der Waals surface area (Å²) in [5.41, 5.74) is -1.20. The summed E-state index contributed by atoms with van der Waals surface area (Å²) in [4.78, 5) is 0. The molecule has 30 heavy (non-hydrogen) atoms. The molecule has 0 N–H and O–H groups in total. The van der Waals surface area contributed by atoms with Gasteiger partial charge < -0.3 is 0 Å². The highest BCUT2D eigenvalue weighted by Gasteiger charge is 2.37. The summed E-state index contributed by atoms with van der Waals surface area (Å²) >= 11 is 0. The molecule has 0 aromatic heterocycles. The number of rotatable bonds is 4. The zero-order chi connectivity index (χ0) is 21.9. The number of halogens is 6. The van der Waals surface area contributed by atoms with E-state index in [2.05, 4.69) is 18.8 Å². The quantitative estimate of drug-likeness (QED) is 0.234. The largest absolute Gasteiger partial charge is 0.422 e. The highest BCUT2D eigenvalue weighted by molar-refractivity contribution is 5.85. The van der Waals surface area contributed by atoms with Crippen molar-refractivity contribution < 1.29 is 26.3 Å². The predicted molar refractivity (Wildman–Crippen MR) is 104 cm³/mol. The molecule has 0 aliphatic carbocycles. The molecule has 6 heteroatoms. The van der Waals surface area contributed by atoms with E-state index in [1.807, 2.05) is 12.1 Å². The summed E-state index contributed by atoms with van der Waals surface area (Å²) in [5, 5.41) is 1.06. The minimum atomic E-state index is -5.15. The Morgan fingerprint density at radius 3 is 2.17 bits per heavy atom. The molecule has 3 rings (SSSR count). The van der Waals surface area contributed by atoms with Gasteiger partial charge in [0.15, 0.2) is 0 Å². The first-order valence-corrected chi connectivity index (χ1v) is 9.50. The van der Waals surface area contributed by atoms with E-state index in [1.54, 1.807) is 12.1 Å². The monoisotopic (exact) mass is 420 g/mol. The van der Waals surface area contributed by atoms with E-state index in [9.17, 15) is 26.3 Å². The van der Waals surface area contributed by atoms with Crippen molar-refractivity contribution in [2.75, 3.05) is 0 Å². The Hall–Kier alpha value is -2.94. The lowest BCUT2D eigenvalue weighted by molar-refractivity contribution is -0.142. The number of benzene rings is 3. The number of fused-ring (bicyclic) bond motifs is 1. The van der Waals surface area contributed by atoms with E-state index in [0.29, 0.717) is 22.9 Å². The van der Waals surface area contributed by atoms with E-state index in [0.717, 1.165) is 31.2 Å². The van der Waals surface area contributed by atoms with Gasteiger partial charge in [-0.05, 0) is 42.0 Å². The van der Waals surface area contributed by atoms with Gasteiger partial charge in [0, 0.05) is 10.9 Å². The second-order valence-electron chi connectivity index (χ2n) is 7.00.